The van der Waals surface area contributed by atoms with Gasteiger partial charge in [0.25, 0.3) is 5.82 Å². The lowest BCUT2D eigenvalue weighted by molar-refractivity contribution is 0.422. The summed E-state index contributed by atoms with van der Waals surface area (Å²) in [5.74, 6) is 0.167. The lowest BCUT2D eigenvalue weighted by Gasteiger charge is -2.23. The Kier molecular flexibility index (Phi) is 3.93. The fourth-order valence-electron chi connectivity index (χ4n) is 2.04. The van der Waals surface area contributed by atoms with E-state index in [2.05, 4.69) is 10.1 Å². The molecular weight excluding hydrogens is 238 g/mol. The van der Waals surface area contributed by atoms with Crippen LogP contribution in [0, 0.1) is 18.3 Å². The highest BCUT2D eigenvalue weighted by atomic mass is 15.4. The molecule has 0 fully saturated rings. The van der Waals surface area contributed by atoms with E-state index < -0.39 is 0 Å². The first-order valence-corrected chi connectivity index (χ1v) is 6.29. The monoisotopic (exact) mass is 255 g/mol. The van der Waals surface area contributed by atoms with E-state index in [-0.39, 0.29) is 17.9 Å². The van der Waals surface area contributed by atoms with Gasteiger partial charge in [0.05, 0.1) is 6.04 Å². The van der Waals surface area contributed by atoms with Crippen molar-refractivity contribution in [2.45, 2.75) is 32.4 Å². The van der Waals surface area contributed by atoms with Gasteiger partial charge in [-0.15, -0.1) is 5.10 Å². The number of aromatic nitrogens is 3. The SMILES string of the molecule is CCC(N)C(c1ccc(C)cc1)n1cnc(C#N)n1. The number of rotatable bonds is 4. The Bertz CT molecular complexity index is 579. The Morgan fingerprint density at radius 2 is 2.05 bits per heavy atom. The number of hydrogen-bond donors (Lipinski definition) is 1. The maximum Gasteiger partial charge on any atom is 0.252 e. The standard InChI is InChI=1S/C14H17N5/c1-3-12(16)14(11-6-4-10(2)5-7-11)19-9-17-13(8-15)18-19/h4-7,9,12,14H,3,16H2,1-2H3. The third-order valence-corrected chi connectivity index (χ3v) is 3.19. The summed E-state index contributed by atoms with van der Waals surface area (Å²) in [7, 11) is 0. The molecule has 0 spiro atoms. The van der Waals surface area contributed by atoms with Crippen LogP contribution in [-0.4, -0.2) is 20.8 Å². The fraction of sp³-hybridized carbons (Fsp3) is 0.357. The number of benzene rings is 1. The Hall–Kier alpha value is -2.19. The summed E-state index contributed by atoms with van der Waals surface area (Å²) in [6.45, 7) is 4.08. The quantitative estimate of drug-likeness (QED) is 0.903. The van der Waals surface area contributed by atoms with Crippen molar-refractivity contribution in [2.75, 3.05) is 0 Å². The van der Waals surface area contributed by atoms with Crippen molar-refractivity contribution in [3.8, 4) is 6.07 Å². The van der Waals surface area contributed by atoms with E-state index in [1.54, 1.807) is 11.0 Å². The van der Waals surface area contributed by atoms with E-state index in [1.807, 2.05) is 44.2 Å². The highest BCUT2D eigenvalue weighted by molar-refractivity contribution is 5.26. The van der Waals surface area contributed by atoms with Gasteiger partial charge in [-0.2, -0.15) is 5.26 Å². The molecule has 2 N–H and O–H groups in total. The minimum atomic E-state index is -0.0970. The summed E-state index contributed by atoms with van der Waals surface area (Å²) in [5, 5.41) is 13.0. The van der Waals surface area contributed by atoms with Gasteiger partial charge in [-0.1, -0.05) is 36.8 Å². The normalized spacial score (nSPS) is 13.8. The van der Waals surface area contributed by atoms with Crippen LogP contribution in [0.1, 0.15) is 36.3 Å². The largest absolute Gasteiger partial charge is 0.326 e. The lowest BCUT2D eigenvalue weighted by Crippen LogP contribution is -2.33. The van der Waals surface area contributed by atoms with Gasteiger partial charge in [-0.25, -0.2) is 9.67 Å². The van der Waals surface area contributed by atoms with Crippen molar-refractivity contribution >= 4 is 0 Å². The van der Waals surface area contributed by atoms with Gasteiger partial charge in [-0.05, 0) is 18.9 Å². The van der Waals surface area contributed by atoms with Crippen LogP contribution in [0.3, 0.4) is 0 Å². The molecule has 19 heavy (non-hydrogen) atoms. The summed E-state index contributed by atoms with van der Waals surface area (Å²) >= 11 is 0. The summed E-state index contributed by atoms with van der Waals surface area (Å²) < 4.78 is 1.68. The van der Waals surface area contributed by atoms with E-state index in [9.17, 15) is 0 Å². The molecular formula is C14H17N5. The van der Waals surface area contributed by atoms with Gasteiger partial charge in [0.15, 0.2) is 0 Å². The van der Waals surface area contributed by atoms with Crippen molar-refractivity contribution in [3.63, 3.8) is 0 Å². The van der Waals surface area contributed by atoms with Crippen LogP contribution in [0.2, 0.25) is 0 Å². The Balaban J connectivity index is 2.41. The van der Waals surface area contributed by atoms with Crippen molar-refractivity contribution in [1.29, 1.82) is 5.26 Å². The van der Waals surface area contributed by atoms with Gasteiger partial charge in [0, 0.05) is 6.04 Å². The molecule has 2 unspecified atom stereocenters. The predicted molar refractivity (Wildman–Crippen MR) is 72.3 cm³/mol. The lowest BCUT2D eigenvalue weighted by atomic mass is 9.97. The summed E-state index contributed by atoms with van der Waals surface area (Å²) in [6.07, 6.45) is 2.39. The fourth-order valence-corrected chi connectivity index (χ4v) is 2.04. The smallest absolute Gasteiger partial charge is 0.252 e. The van der Waals surface area contributed by atoms with E-state index in [0.717, 1.165) is 12.0 Å². The van der Waals surface area contributed by atoms with Crippen molar-refractivity contribution in [2.24, 2.45) is 5.73 Å². The van der Waals surface area contributed by atoms with E-state index in [1.165, 1.54) is 5.56 Å². The molecule has 5 nitrogen and oxygen atoms in total. The number of nitrogens with zero attached hydrogens (tertiary/aromatic N) is 4. The maximum atomic E-state index is 8.82. The first-order valence-electron chi connectivity index (χ1n) is 6.29. The molecule has 0 saturated carbocycles. The van der Waals surface area contributed by atoms with Crippen molar-refractivity contribution < 1.29 is 0 Å². The first kappa shape index (κ1) is 13.2. The van der Waals surface area contributed by atoms with Gasteiger partial charge in [-0.3, -0.25) is 0 Å². The first-order chi connectivity index (χ1) is 9.15. The molecule has 0 bridgehead atoms. The number of hydrogen-bond acceptors (Lipinski definition) is 4. The zero-order chi connectivity index (χ0) is 13.8. The second kappa shape index (κ2) is 5.63. The Morgan fingerprint density at radius 1 is 1.37 bits per heavy atom. The zero-order valence-corrected chi connectivity index (χ0v) is 11.1. The van der Waals surface area contributed by atoms with Crippen LogP contribution >= 0.6 is 0 Å². The number of nitrogens with two attached hydrogens (primary N) is 1. The molecule has 0 aliphatic carbocycles. The minimum Gasteiger partial charge on any atom is -0.326 e. The van der Waals surface area contributed by atoms with Crippen LogP contribution in [0.4, 0.5) is 0 Å². The van der Waals surface area contributed by atoms with Crippen LogP contribution in [-0.2, 0) is 0 Å². The van der Waals surface area contributed by atoms with Crippen LogP contribution in [0.25, 0.3) is 0 Å². The molecule has 0 aliphatic heterocycles. The molecule has 98 valence electrons. The van der Waals surface area contributed by atoms with E-state index in [0.29, 0.717) is 0 Å². The molecule has 0 aliphatic rings. The zero-order valence-electron chi connectivity index (χ0n) is 11.1. The molecule has 1 heterocycles. The minimum absolute atomic E-state index is 0.0732. The molecule has 1 aromatic carbocycles. The second-order valence-corrected chi connectivity index (χ2v) is 4.59. The van der Waals surface area contributed by atoms with Crippen LogP contribution < -0.4 is 5.73 Å². The van der Waals surface area contributed by atoms with Crippen LogP contribution in [0.15, 0.2) is 30.6 Å². The third kappa shape index (κ3) is 2.80. The molecule has 5 heteroatoms. The maximum absolute atomic E-state index is 8.82. The molecule has 0 saturated heterocycles. The van der Waals surface area contributed by atoms with E-state index >= 15 is 0 Å². The Morgan fingerprint density at radius 3 is 2.58 bits per heavy atom. The number of aryl methyl sites for hydroxylation is 1. The molecule has 2 aromatic rings. The molecule has 2 atom stereocenters. The van der Waals surface area contributed by atoms with Crippen molar-refractivity contribution in [3.05, 3.63) is 47.5 Å². The molecule has 1 aromatic heterocycles. The second-order valence-electron chi connectivity index (χ2n) is 4.59. The highest BCUT2D eigenvalue weighted by Gasteiger charge is 2.21. The van der Waals surface area contributed by atoms with Crippen molar-refractivity contribution in [1.82, 2.24) is 14.8 Å². The highest BCUT2D eigenvalue weighted by Crippen LogP contribution is 2.22. The predicted octanol–water partition coefficient (Wildman–Crippen LogP) is 1.78. The summed E-state index contributed by atoms with van der Waals surface area (Å²) in [5.41, 5.74) is 8.47. The van der Waals surface area contributed by atoms with Gasteiger partial charge in [0.2, 0.25) is 0 Å². The molecule has 2 rings (SSSR count). The van der Waals surface area contributed by atoms with Crippen LogP contribution in [0.5, 0.6) is 0 Å². The van der Waals surface area contributed by atoms with Gasteiger partial charge in [0.1, 0.15) is 12.4 Å². The average molecular weight is 255 g/mol. The number of nitriles is 1. The van der Waals surface area contributed by atoms with Gasteiger partial charge < -0.3 is 5.73 Å². The average Bonchev–Trinajstić information content (AvgIpc) is 2.89. The third-order valence-electron chi connectivity index (χ3n) is 3.19. The Labute approximate surface area is 112 Å². The topological polar surface area (TPSA) is 80.5 Å². The summed E-state index contributed by atoms with van der Waals surface area (Å²) in [4.78, 5) is 3.95. The summed E-state index contributed by atoms with van der Waals surface area (Å²) in [6, 6.07) is 9.95. The van der Waals surface area contributed by atoms with Gasteiger partial charge >= 0.3 is 0 Å². The molecule has 0 amide bonds. The molecule has 0 radical (unpaired) electrons. The van der Waals surface area contributed by atoms with E-state index in [4.69, 9.17) is 11.0 Å².